The molecule has 2 aromatic carbocycles. The molecule has 0 fully saturated rings. The van der Waals surface area contributed by atoms with Crippen molar-refractivity contribution >= 4 is 17.8 Å². The van der Waals surface area contributed by atoms with Gasteiger partial charge in [0, 0.05) is 12.1 Å². The van der Waals surface area contributed by atoms with Crippen LogP contribution in [0.4, 0.5) is 0 Å². The first-order chi connectivity index (χ1) is 14.0. The van der Waals surface area contributed by atoms with Gasteiger partial charge >= 0.3 is 5.97 Å². The van der Waals surface area contributed by atoms with Crippen LogP contribution in [0, 0.1) is 0 Å². The molecule has 0 aromatic heterocycles. The monoisotopic (exact) mass is 400 g/mol. The van der Waals surface area contributed by atoms with Gasteiger partial charge in [-0.1, -0.05) is 30.3 Å². The Morgan fingerprint density at radius 2 is 1.69 bits per heavy atom. The summed E-state index contributed by atoms with van der Waals surface area (Å²) >= 11 is 0. The minimum absolute atomic E-state index is 0.155. The summed E-state index contributed by atoms with van der Waals surface area (Å²) in [5.74, 6) is -0.713. The fourth-order valence-corrected chi connectivity index (χ4v) is 2.44. The maximum absolute atomic E-state index is 12.3. The van der Waals surface area contributed by atoms with E-state index >= 15 is 0 Å². The molecule has 2 rings (SSSR count). The van der Waals surface area contributed by atoms with Crippen LogP contribution in [-0.4, -0.2) is 51.7 Å². The van der Waals surface area contributed by atoms with E-state index in [-0.39, 0.29) is 30.4 Å². The third-order valence-corrected chi connectivity index (χ3v) is 3.99. The minimum Gasteiger partial charge on any atom is -0.493 e. The van der Waals surface area contributed by atoms with Gasteiger partial charge < -0.3 is 24.8 Å². The van der Waals surface area contributed by atoms with Crippen molar-refractivity contribution in [1.29, 1.82) is 0 Å². The Morgan fingerprint density at radius 1 is 0.931 bits per heavy atom. The maximum Gasteiger partial charge on any atom is 0.343 e. The van der Waals surface area contributed by atoms with Crippen LogP contribution in [-0.2, 0) is 20.7 Å². The number of hydrogen-bond donors (Lipinski definition) is 2. The number of rotatable bonds is 10. The summed E-state index contributed by atoms with van der Waals surface area (Å²) in [6.07, 6.45) is 0.708. The summed E-state index contributed by atoms with van der Waals surface area (Å²) in [6.45, 7) is 0.00647. The summed E-state index contributed by atoms with van der Waals surface area (Å²) in [5, 5.41) is 5.31. The number of methoxy groups -OCH3 is 2. The van der Waals surface area contributed by atoms with Gasteiger partial charge in [0.15, 0.2) is 18.1 Å². The Balaban J connectivity index is 1.84. The van der Waals surface area contributed by atoms with Crippen LogP contribution in [0.25, 0.3) is 0 Å². The molecule has 0 bridgehead atoms. The van der Waals surface area contributed by atoms with Gasteiger partial charge in [0.05, 0.1) is 20.8 Å². The van der Waals surface area contributed by atoms with Crippen LogP contribution in [0.1, 0.15) is 15.9 Å². The van der Waals surface area contributed by atoms with Crippen molar-refractivity contribution in [3.05, 3.63) is 59.7 Å². The lowest BCUT2D eigenvalue weighted by Gasteiger charge is -2.12. The molecular formula is C21H24N2O6. The van der Waals surface area contributed by atoms with Crippen LogP contribution >= 0.6 is 0 Å². The minimum atomic E-state index is -0.561. The fourth-order valence-electron chi connectivity index (χ4n) is 2.44. The van der Waals surface area contributed by atoms with E-state index in [0.717, 1.165) is 5.56 Å². The number of ether oxygens (including phenoxy) is 3. The molecule has 2 aromatic rings. The van der Waals surface area contributed by atoms with E-state index in [1.165, 1.54) is 26.4 Å². The number of carbonyl (C=O) groups excluding carboxylic acids is 3. The van der Waals surface area contributed by atoms with E-state index < -0.39 is 11.9 Å². The summed E-state index contributed by atoms with van der Waals surface area (Å²) in [4.78, 5) is 35.5. The molecule has 29 heavy (non-hydrogen) atoms. The summed E-state index contributed by atoms with van der Waals surface area (Å²) < 4.78 is 15.0. The number of hydrogen-bond acceptors (Lipinski definition) is 6. The average molecular weight is 400 g/mol. The molecule has 0 aliphatic rings. The van der Waals surface area contributed by atoms with Crippen molar-refractivity contribution in [2.75, 3.05) is 33.9 Å². The quantitative estimate of drug-likeness (QED) is 0.584. The van der Waals surface area contributed by atoms with Crippen molar-refractivity contribution in [3.63, 3.8) is 0 Å². The molecule has 0 saturated heterocycles. The molecule has 0 radical (unpaired) electrons. The van der Waals surface area contributed by atoms with Gasteiger partial charge in [-0.25, -0.2) is 4.79 Å². The van der Waals surface area contributed by atoms with Crippen molar-refractivity contribution in [2.24, 2.45) is 0 Å². The number of amides is 2. The standard InChI is InChI=1S/C21H24N2O6/c1-27-17-9-8-16(12-18(17)29-14-20(25)28-2)21(26)23-13-19(24)22-11-10-15-6-4-3-5-7-15/h3-9,12H,10-11,13-14H2,1-2H3,(H,22,24)(H,23,26). The predicted octanol–water partition coefficient (Wildman–Crippen LogP) is 1.34. The summed E-state index contributed by atoms with van der Waals surface area (Å²) in [6, 6.07) is 14.3. The van der Waals surface area contributed by atoms with Gasteiger partial charge in [0.1, 0.15) is 0 Å². The predicted molar refractivity (Wildman–Crippen MR) is 106 cm³/mol. The number of nitrogens with one attached hydrogen (secondary N) is 2. The van der Waals surface area contributed by atoms with Gasteiger partial charge in [-0.15, -0.1) is 0 Å². The second-order valence-electron chi connectivity index (χ2n) is 6.00. The SMILES string of the molecule is COC(=O)COc1cc(C(=O)NCC(=O)NCCc2ccccc2)ccc1OC. The Bertz CT molecular complexity index is 838. The Labute approximate surface area is 169 Å². The average Bonchev–Trinajstić information content (AvgIpc) is 2.76. The maximum atomic E-state index is 12.3. The van der Waals surface area contributed by atoms with Crippen LogP contribution < -0.4 is 20.1 Å². The van der Waals surface area contributed by atoms with E-state index in [1.54, 1.807) is 6.07 Å². The highest BCUT2D eigenvalue weighted by Crippen LogP contribution is 2.28. The third kappa shape index (κ3) is 7.17. The summed E-state index contributed by atoms with van der Waals surface area (Å²) in [7, 11) is 2.69. The molecule has 8 heteroatoms. The number of esters is 1. The molecule has 154 valence electrons. The lowest BCUT2D eigenvalue weighted by Crippen LogP contribution is -2.37. The molecule has 2 N–H and O–H groups in total. The smallest absolute Gasteiger partial charge is 0.343 e. The first-order valence-electron chi connectivity index (χ1n) is 9.00. The lowest BCUT2D eigenvalue weighted by atomic mass is 10.1. The second kappa shape index (κ2) is 11.3. The van der Waals surface area contributed by atoms with E-state index in [2.05, 4.69) is 15.4 Å². The molecule has 0 atom stereocenters. The molecule has 0 saturated carbocycles. The van der Waals surface area contributed by atoms with Gasteiger partial charge in [0.25, 0.3) is 5.91 Å². The summed E-state index contributed by atoms with van der Waals surface area (Å²) in [5.41, 5.74) is 1.39. The topological polar surface area (TPSA) is 103 Å². The van der Waals surface area contributed by atoms with E-state index in [4.69, 9.17) is 9.47 Å². The zero-order chi connectivity index (χ0) is 21.1. The molecule has 0 aliphatic heterocycles. The van der Waals surface area contributed by atoms with Crippen LogP contribution in [0.2, 0.25) is 0 Å². The Morgan fingerprint density at radius 3 is 2.38 bits per heavy atom. The third-order valence-electron chi connectivity index (χ3n) is 3.99. The van der Waals surface area contributed by atoms with Crippen LogP contribution in [0.5, 0.6) is 11.5 Å². The molecule has 0 heterocycles. The van der Waals surface area contributed by atoms with Gasteiger partial charge in [-0.3, -0.25) is 9.59 Å². The van der Waals surface area contributed by atoms with Gasteiger partial charge in [0.2, 0.25) is 5.91 Å². The highest BCUT2D eigenvalue weighted by Gasteiger charge is 2.13. The number of benzene rings is 2. The van der Waals surface area contributed by atoms with E-state index in [1.807, 2.05) is 30.3 Å². The molecule has 0 unspecified atom stereocenters. The highest BCUT2D eigenvalue weighted by atomic mass is 16.6. The lowest BCUT2D eigenvalue weighted by molar-refractivity contribution is -0.142. The molecular weight excluding hydrogens is 376 g/mol. The van der Waals surface area contributed by atoms with Crippen LogP contribution in [0.15, 0.2) is 48.5 Å². The number of carbonyl (C=O) groups is 3. The van der Waals surface area contributed by atoms with Crippen molar-refractivity contribution < 1.29 is 28.6 Å². The second-order valence-corrected chi connectivity index (χ2v) is 6.00. The largest absolute Gasteiger partial charge is 0.493 e. The molecule has 0 spiro atoms. The van der Waals surface area contributed by atoms with Crippen LogP contribution in [0.3, 0.4) is 0 Å². The van der Waals surface area contributed by atoms with E-state index in [0.29, 0.717) is 18.7 Å². The van der Waals surface area contributed by atoms with Crippen molar-refractivity contribution in [1.82, 2.24) is 10.6 Å². The normalized spacial score (nSPS) is 10.0. The van der Waals surface area contributed by atoms with Crippen molar-refractivity contribution in [3.8, 4) is 11.5 Å². The van der Waals surface area contributed by atoms with Gasteiger partial charge in [-0.2, -0.15) is 0 Å². The molecule has 2 amide bonds. The zero-order valence-electron chi connectivity index (χ0n) is 16.4. The van der Waals surface area contributed by atoms with Crippen molar-refractivity contribution in [2.45, 2.75) is 6.42 Å². The molecule has 8 nitrogen and oxygen atoms in total. The molecule has 0 aliphatic carbocycles. The highest BCUT2D eigenvalue weighted by molar-refractivity contribution is 5.97. The fraction of sp³-hybridized carbons (Fsp3) is 0.286. The first-order valence-corrected chi connectivity index (χ1v) is 9.00. The Kier molecular flexibility index (Phi) is 8.50. The first kappa shape index (κ1) is 21.7. The Hall–Kier alpha value is -3.55. The zero-order valence-corrected chi connectivity index (χ0v) is 16.4. The van der Waals surface area contributed by atoms with E-state index in [9.17, 15) is 14.4 Å². The van der Waals surface area contributed by atoms with Gasteiger partial charge in [-0.05, 0) is 30.2 Å².